The van der Waals surface area contributed by atoms with E-state index in [1.165, 1.54) is 0 Å². The Hall–Kier alpha value is -4.45. The molecule has 0 unspecified atom stereocenters. The van der Waals surface area contributed by atoms with Crippen molar-refractivity contribution in [3.63, 3.8) is 0 Å². The van der Waals surface area contributed by atoms with Gasteiger partial charge in [-0.2, -0.15) is 0 Å². The topological polar surface area (TPSA) is 71.4 Å². The lowest BCUT2D eigenvalue weighted by molar-refractivity contribution is -0.122. The van der Waals surface area contributed by atoms with Crippen molar-refractivity contribution in [3.05, 3.63) is 107 Å². The molecule has 0 atom stereocenters. The summed E-state index contributed by atoms with van der Waals surface area (Å²) in [6, 6.07) is 24.5. The lowest BCUT2D eigenvalue weighted by Gasteiger charge is -2.26. The molecule has 0 bridgehead atoms. The number of rotatable bonds is 5. The molecule has 2 heterocycles. The normalized spacial score (nSPS) is 15.3. The maximum absolute atomic E-state index is 13.2. The Kier molecular flexibility index (Phi) is 5.55. The second kappa shape index (κ2) is 8.83. The summed E-state index contributed by atoms with van der Waals surface area (Å²) in [4.78, 5) is 39.3. The Morgan fingerprint density at radius 3 is 2.41 bits per heavy atom. The molecule has 0 spiro atoms. The Bertz CT molecular complexity index is 1440. The van der Waals surface area contributed by atoms with Gasteiger partial charge in [-0.25, -0.2) is 9.69 Å². The van der Waals surface area contributed by atoms with Crippen molar-refractivity contribution in [2.45, 2.75) is 19.9 Å². The minimum absolute atomic E-state index is 0.0861. The highest BCUT2D eigenvalue weighted by Gasteiger charge is 2.36. The third-order valence-corrected chi connectivity index (χ3v) is 6.08. The fraction of sp³-hybridized carbons (Fsp3) is 0.107. The molecule has 34 heavy (non-hydrogen) atoms. The number of urea groups is 1. The lowest BCUT2D eigenvalue weighted by Crippen LogP contribution is -2.54. The highest BCUT2D eigenvalue weighted by Crippen LogP contribution is 2.24. The number of amides is 4. The number of anilines is 1. The van der Waals surface area contributed by atoms with E-state index in [2.05, 4.69) is 29.6 Å². The fourth-order valence-corrected chi connectivity index (χ4v) is 4.24. The van der Waals surface area contributed by atoms with Crippen molar-refractivity contribution >= 4 is 40.4 Å². The van der Waals surface area contributed by atoms with E-state index in [1.807, 2.05) is 60.2 Å². The molecule has 5 rings (SSSR count). The lowest BCUT2D eigenvalue weighted by atomic mass is 10.0. The molecule has 1 aromatic heterocycles. The number of carbonyl (C=O) groups excluding carboxylic acids is 3. The quantitative estimate of drug-likeness (QED) is 0.347. The number of aromatic nitrogens is 1. The highest BCUT2D eigenvalue weighted by molar-refractivity contribution is 6.39. The number of benzene rings is 3. The van der Waals surface area contributed by atoms with E-state index in [4.69, 9.17) is 0 Å². The number of hydrogen-bond donors (Lipinski definition) is 1. The van der Waals surface area contributed by atoms with E-state index < -0.39 is 17.8 Å². The molecule has 6 nitrogen and oxygen atoms in total. The minimum Gasteiger partial charge on any atom is -0.344 e. The summed E-state index contributed by atoms with van der Waals surface area (Å²) in [5.74, 6) is -1.34. The first-order valence-corrected chi connectivity index (χ1v) is 11.2. The zero-order valence-corrected chi connectivity index (χ0v) is 18.7. The van der Waals surface area contributed by atoms with Gasteiger partial charge in [0.1, 0.15) is 5.57 Å². The SMILES string of the molecule is CCc1ccc(N2C(=O)NC(=O)/C(=C/c3cccn3Cc3cccc4ccccc34)C2=O)cc1. The molecule has 4 aromatic rings. The molecule has 6 heteroatoms. The Labute approximate surface area is 197 Å². The van der Waals surface area contributed by atoms with Crippen LogP contribution in [0.3, 0.4) is 0 Å². The standard InChI is InChI=1S/C28H23N3O3/c1-2-19-12-14-22(15-13-19)31-27(33)25(26(32)29-28(31)34)17-23-10-6-16-30(23)18-21-9-5-8-20-7-3-4-11-24(20)21/h3-17H,2,18H2,1H3,(H,29,32,34)/b25-17-. The Balaban J connectivity index is 1.48. The smallest absolute Gasteiger partial charge is 0.335 e. The summed E-state index contributed by atoms with van der Waals surface area (Å²) in [5, 5.41) is 4.59. The van der Waals surface area contributed by atoms with Gasteiger partial charge in [0.05, 0.1) is 5.69 Å². The van der Waals surface area contributed by atoms with Crippen LogP contribution in [0, 0.1) is 0 Å². The van der Waals surface area contributed by atoms with Crippen LogP contribution in [0.1, 0.15) is 23.7 Å². The van der Waals surface area contributed by atoms with Crippen LogP contribution in [0.2, 0.25) is 0 Å². The largest absolute Gasteiger partial charge is 0.344 e. The molecule has 1 aliphatic rings. The first-order valence-electron chi connectivity index (χ1n) is 11.2. The van der Waals surface area contributed by atoms with Gasteiger partial charge < -0.3 is 4.57 Å². The molecule has 4 amide bonds. The van der Waals surface area contributed by atoms with Crippen LogP contribution in [0.4, 0.5) is 10.5 Å². The molecule has 3 aromatic carbocycles. The maximum atomic E-state index is 13.2. The van der Waals surface area contributed by atoms with Crippen LogP contribution in [-0.2, 0) is 22.6 Å². The number of nitrogens with zero attached hydrogens (tertiary/aromatic N) is 2. The molecule has 1 aliphatic heterocycles. The molecular formula is C28H23N3O3. The number of aryl methyl sites for hydroxylation is 1. The van der Waals surface area contributed by atoms with Crippen molar-refractivity contribution in [1.82, 2.24) is 9.88 Å². The van der Waals surface area contributed by atoms with Gasteiger partial charge in [-0.15, -0.1) is 0 Å². The molecule has 1 fully saturated rings. The molecule has 1 saturated heterocycles. The Morgan fingerprint density at radius 2 is 1.62 bits per heavy atom. The van der Waals surface area contributed by atoms with Gasteiger partial charge in [0.2, 0.25) is 0 Å². The summed E-state index contributed by atoms with van der Waals surface area (Å²) in [5.41, 5.74) is 3.25. The number of imide groups is 2. The second-order valence-corrected chi connectivity index (χ2v) is 8.18. The van der Waals surface area contributed by atoms with Crippen LogP contribution in [-0.4, -0.2) is 22.4 Å². The molecule has 168 valence electrons. The van der Waals surface area contributed by atoms with Crippen molar-refractivity contribution in [1.29, 1.82) is 0 Å². The summed E-state index contributed by atoms with van der Waals surface area (Å²) in [6.07, 6.45) is 4.30. The van der Waals surface area contributed by atoms with Crippen molar-refractivity contribution < 1.29 is 14.4 Å². The van der Waals surface area contributed by atoms with E-state index in [0.717, 1.165) is 33.2 Å². The van der Waals surface area contributed by atoms with Crippen LogP contribution >= 0.6 is 0 Å². The van der Waals surface area contributed by atoms with E-state index in [9.17, 15) is 14.4 Å². The van der Waals surface area contributed by atoms with E-state index in [0.29, 0.717) is 17.9 Å². The van der Waals surface area contributed by atoms with Gasteiger partial charge in [0, 0.05) is 18.4 Å². The summed E-state index contributed by atoms with van der Waals surface area (Å²) in [6.45, 7) is 2.60. The van der Waals surface area contributed by atoms with Crippen molar-refractivity contribution in [2.24, 2.45) is 0 Å². The summed E-state index contributed by atoms with van der Waals surface area (Å²) in [7, 11) is 0. The summed E-state index contributed by atoms with van der Waals surface area (Å²) < 4.78 is 1.98. The van der Waals surface area contributed by atoms with Gasteiger partial charge in [-0.05, 0) is 58.7 Å². The van der Waals surface area contributed by atoms with Gasteiger partial charge in [0.15, 0.2) is 0 Å². The van der Waals surface area contributed by atoms with Crippen LogP contribution < -0.4 is 10.2 Å². The summed E-state index contributed by atoms with van der Waals surface area (Å²) >= 11 is 0. The number of barbiturate groups is 1. The minimum atomic E-state index is -0.748. The van der Waals surface area contributed by atoms with Crippen LogP contribution in [0.15, 0.2) is 90.6 Å². The molecule has 1 N–H and O–H groups in total. The number of carbonyl (C=O) groups is 3. The predicted octanol–water partition coefficient (Wildman–Crippen LogP) is 4.92. The predicted molar refractivity (Wildman–Crippen MR) is 132 cm³/mol. The second-order valence-electron chi connectivity index (χ2n) is 8.18. The van der Waals surface area contributed by atoms with Gasteiger partial charge >= 0.3 is 6.03 Å². The number of hydrogen-bond acceptors (Lipinski definition) is 3. The van der Waals surface area contributed by atoms with Crippen molar-refractivity contribution in [3.8, 4) is 0 Å². The van der Waals surface area contributed by atoms with E-state index >= 15 is 0 Å². The zero-order chi connectivity index (χ0) is 23.7. The third-order valence-electron chi connectivity index (χ3n) is 6.08. The number of fused-ring (bicyclic) bond motifs is 1. The first kappa shape index (κ1) is 21.4. The first-order chi connectivity index (χ1) is 16.5. The van der Waals surface area contributed by atoms with E-state index in [1.54, 1.807) is 18.2 Å². The molecule has 0 radical (unpaired) electrons. The monoisotopic (exact) mass is 449 g/mol. The highest BCUT2D eigenvalue weighted by atomic mass is 16.2. The zero-order valence-electron chi connectivity index (χ0n) is 18.7. The maximum Gasteiger partial charge on any atom is 0.335 e. The average Bonchev–Trinajstić information content (AvgIpc) is 3.29. The van der Waals surface area contributed by atoms with E-state index in [-0.39, 0.29) is 5.57 Å². The molecule has 0 aliphatic carbocycles. The average molecular weight is 450 g/mol. The van der Waals surface area contributed by atoms with Gasteiger partial charge in [0.25, 0.3) is 11.8 Å². The fourth-order valence-electron chi connectivity index (χ4n) is 4.24. The van der Waals surface area contributed by atoms with Gasteiger partial charge in [-0.3, -0.25) is 14.9 Å². The van der Waals surface area contributed by atoms with Crippen LogP contribution in [0.25, 0.3) is 16.8 Å². The Morgan fingerprint density at radius 1 is 0.853 bits per heavy atom. The van der Waals surface area contributed by atoms with Crippen LogP contribution in [0.5, 0.6) is 0 Å². The third kappa shape index (κ3) is 3.90. The number of nitrogens with one attached hydrogen (secondary N) is 1. The van der Waals surface area contributed by atoms with Gasteiger partial charge in [-0.1, -0.05) is 61.5 Å². The molecule has 0 saturated carbocycles. The van der Waals surface area contributed by atoms with Crippen molar-refractivity contribution in [2.75, 3.05) is 4.90 Å². The molecular weight excluding hydrogens is 426 g/mol.